The second-order valence-electron chi connectivity index (χ2n) is 12.9. The smallest absolute Gasteiger partial charge is 0.437 e. The van der Waals surface area contributed by atoms with Crippen molar-refractivity contribution in [1.82, 2.24) is 14.6 Å². The van der Waals surface area contributed by atoms with E-state index in [1.807, 2.05) is 30.5 Å². The molecule has 0 saturated carbocycles. The molecule has 0 aliphatic carbocycles. The average Bonchev–Trinajstić information content (AvgIpc) is 2.93. The van der Waals surface area contributed by atoms with E-state index in [2.05, 4.69) is 14.4 Å². The second kappa shape index (κ2) is 13.8. The maximum Gasteiger partial charge on any atom is 0.573 e. The molecule has 0 bridgehead atoms. The highest BCUT2D eigenvalue weighted by Gasteiger charge is 2.41. The summed E-state index contributed by atoms with van der Waals surface area (Å²) in [7, 11) is -0.519. The van der Waals surface area contributed by atoms with Gasteiger partial charge in [0, 0.05) is 32.1 Å². The molecule has 2 saturated heterocycles. The number of hydrogen-bond donors (Lipinski definition) is 1. The number of piperazine rings is 1. The van der Waals surface area contributed by atoms with Gasteiger partial charge >= 0.3 is 19.8 Å². The maximum atomic E-state index is 13.7. The van der Waals surface area contributed by atoms with Crippen LogP contribution in [0.2, 0.25) is 6.82 Å². The standard InChI is InChI=1S/C31H40BF6N3O4/c1-29(2,3)26-20-39(17-18-41(26)27(42)19-21-13-15-40(16-14-21)32(4)43)28(22-5-9-24(10-6-22)44-30(33,34)35)23-7-11-25(12-8-23)45-31(36,37)38/h5-12,21,26,28,43H,13-20H2,1-4H3/t26-/m1/s1. The number of carbonyl (C=O) groups is 1. The van der Waals surface area contributed by atoms with Crippen LogP contribution in [0.3, 0.4) is 0 Å². The Labute approximate surface area is 260 Å². The first-order valence-corrected chi connectivity index (χ1v) is 15.1. The fourth-order valence-electron chi connectivity index (χ4n) is 6.29. The number of benzene rings is 2. The van der Waals surface area contributed by atoms with E-state index in [0.717, 1.165) is 25.9 Å². The third-order valence-electron chi connectivity index (χ3n) is 8.60. The Morgan fingerprint density at radius 3 is 1.71 bits per heavy atom. The lowest BCUT2D eigenvalue weighted by Crippen LogP contribution is -2.60. The predicted octanol–water partition coefficient (Wildman–Crippen LogP) is 6.34. The zero-order valence-corrected chi connectivity index (χ0v) is 25.9. The van der Waals surface area contributed by atoms with E-state index in [-0.39, 0.29) is 34.8 Å². The van der Waals surface area contributed by atoms with Crippen LogP contribution in [0.4, 0.5) is 26.3 Å². The van der Waals surface area contributed by atoms with E-state index < -0.39 is 25.8 Å². The van der Waals surface area contributed by atoms with Gasteiger partial charge < -0.3 is 24.2 Å². The average molecular weight is 643 g/mol. The summed E-state index contributed by atoms with van der Waals surface area (Å²) >= 11 is 0. The van der Waals surface area contributed by atoms with Crippen LogP contribution in [0.5, 0.6) is 11.5 Å². The van der Waals surface area contributed by atoms with Crippen molar-refractivity contribution in [3.8, 4) is 11.5 Å². The molecule has 1 atom stereocenters. The number of rotatable bonds is 8. The normalized spacial score (nSPS) is 19.6. The lowest BCUT2D eigenvalue weighted by Gasteiger charge is -2.50. The maximum absolute atomic E-state index is 13.7. The third kappa shape index (κ3) is 9.76. The van der Waals surface area contributed by atoms with Crippen LogP contribution in [0.1, 0.15) is 57.2 Å². The highest BCUT2D eigenvalue weighted by atomic mass is 19.4. The summed E-state index contributed by atoms with van der Waals surface area (Å²) in [5, 5.41) is 9.87. The van der Waals surface area contributed by atoms with Crippen molar-refractivity contribution >= 4 is 13.0 Å². The molecule has 2 heterocycles. The van der Waals surface area contributed by atoms with Crippen LogP contribution in [0.15, 0.2) is 48.5 Å². The van der Waals surface area contributed by atoms with E-state index >= 15 is 0 Å². The van der Waals surface area contributed by atoms with E-state index in [1.54, 1.807) is 6.82 Å². The van der Waals surface area contributed by atoms with Crippen molar-refractivity contribution in [2.24, 2.45) is 11.3 Å². The molecule has 45 heavy (non-hydrogen) atoms. The molecule has 2 aliphatic heterocycles. The monoisotopic (exact) mass is 643 g/mol. The number of nitrogens with zero attached hydrogens (tertiary/aromatic N) is 3. The van der Waals surface area contributed by atoms with Gasteiger partial charge in [0.15, 0.2) is 0 Å². The minimum atomic E-state index is -4.85. The molecule has 0 unspecified atom stereocenters. The lowest BCUT2D eigenvalue weighted by atomic mass is 9.80. The molecular formula is C31H40BF6N3O4. The summed E-state index contributed by atoms with van der Waals surface area (Å²) in [5.41, 5.74) is 0.904. The Hall–Kier alpha value is -2.97. The highest BCUT2D eigenvalue weighted by Crippen LogP contribution is 2.37. The van der Waals surface area contributed by atoms with Crippen LogP contribution in [0.25, 0.3) is 0 Å². The molecule has 7 nitrogen and oxygen atoms in total. The first-order valence-electron chi connectivity index (χ1n) is 15.1. The summed E-state index contributed by atoms with van der Waals surface area (Å²) in [6.07, 6.45) is -7.66. The molecule has 14 heteroatoms. The number of carbonyl (C=O) groups excluding carboxylic acids is 1. The molecule has 2 aliphatic rings. The summed E-state index contributed by atoms with van der Waals surface area (Å²) in [6.45, 7) is 10.6. The first kappa shape index (κ1) is 34.9. The Balaban J connectivity index is 1.58. The van der Waals surface area contributed by atoms with Crippen LogP contribution in [-0.4, -0.2) is 84.1 Å². The van der Waals surface area contributed by atoms with Crippen molar-refractivity contribution in [2.75, 3.05) is 32.7 Å². The molecule has 2 fully saturated rings. The molecule has 248 valence electrons. The van der Waals surface area contributed by atoms with Gasteiger partial charge in [-0.1, -0.05) is 45.0 Å². The molecule has 1 N–H and O–H groups in total. The summed E-state index contributed by atoms with van der Waals surface area (Å²) in [6, 6.07) is 10.1. The quantitative estimate of drug-likeness (QED) is 0.268. The molecular weight excluding hydrogens is 603 g/mol. The van der Waals surface area contributed by atoms with E-state index in [1.165, 1.54) is 48.5 Å². The minimum Gasteiger partial charge on any atom is -0.437 e. The van der Waals surface area contributed by atoms with E-state index in [4.69, 9.17) is 0 Å². The van der Waals surface area contributed by atoms with Crippen LogP contribution in [0, 0.1) is 11.3 Å². The lowest BCUT2D eigenvalue weighted by molar-refractivity contribution is -0.275. The third-order valence-corrected chi connectivity index (χ3v) is 8.60. The van der Waals surface area contributed by atoms with Crippen LogP contribution in [-0.2, 0) is 4.79 Å². The first-order chi connectivity index (χ1) is 20.9. The van der Waals surface area contributed by atoms with Crippen LogP contribution >= 0.6 is 0 Å². The van der Waals surface area contributed by atoms with Gasteiger partial charge in [-0.3, -0.25) is 9.69 Å². The Morgan fingerprint density at radius 1 is 0.844 bits per heavy atom. The predicted molar refractivity (Wildman–Crippen MR) is 157 cm³/mol. The zero-order chi connectivity index (χ0) is 33.2. The number of ether oxygens (including phenoxy) is 2. The van der Waals surface area contributed by atoms with Gasteiger partial charge in [0.1, 0.15) is 11.5 Å². The minimum absolute atomic E-state index is 0.0592. The number of halogens is 6. The van der Waals surface area contributed by atoms with Gasteiger partial charge in [-0.15, -0.1) is 26.3 Å². The molecule has 0 spiro atoms. The van der Waals surface area contributed by atoms with Crippen molar-refractivity contribution in [2.45, 2.75) is 71.7 Å². The topological polar surface area (TPSA) is 65.5 Å². The number of piperidine rings is 1. The number of amides is 1. The van der Waals surface area contributed by atoms with Crippen LogP contribution < -0.4 is 9.47 Å². The Morgan fingerprint density at radius 2 is 1.31 bits per heavy atom. The SMILES string of the molecule is CB(O)N1CCC(CC(=O)N2CCN(C(c3ccc(OC(F)(F)F)cc3)c3ccc(OC(F)(F)F)cc3)C[C@@H]2C(C)(C)C)CC1. The molecule has 2 aromatic carbocycles. The van der Waals surface area contributed by atoms with Gasteiger partial charge in [-0.2, -0.15) is 0 Å². The van der Waals surface area contributed by atoms with E-state index in [9.17, 15) is 36.2 Å². The summed E-state index contributed by atoms with van der Waals surface area (Å²) in [5.74, 6) is -0.500. The van der Waals surface area contributed by atoms with Gasteiger partial charge in [-0.25, -0.2) is 0 Å². The van der Waals surface area contributed by atoms with E-state index in [0.29, 0.717) is 37.2 Å². The van der Waals surface area contributed by atoms with Crippen molar-refractivity contribution in [3.63, 3.8) is 0 Å². The van der Waals surface area contributed by atoms with Gasteiger partial charge in [-0.05, 0) is 79.5 Å². The highest BCUT2D eigenvalue weighted by molar-refractivity contribution is 6.45. The van der Waals surface area contributed by atoms with Gasteiger partial charge in [0.05, 0.1) is 6.04 Å². The largest absolute Gasteiger partial charge is 0.573 e. The molecule has 4 rings (SSSR count). The fraction of sp³-hybridized carbons (Fsp3) is 0.581. The summed E-state index contributed by atoms with van der Waals surface area (Å²) in [4.78, 5) is 19.7. The molecule has 1 amide bonds. The number of hydrogen-bond acceptors (Lipinski definition) is 6. The number of alkyl halides is 6. The molecule has 2 aromatic rings. The zero-order valence-electron chi connectivity index (χ0n) is 25.9. The fourth-order valence-corrected chi connectivity index (χ4v) is 6.29. The Bertz CT molecular complexity index is 1200. The van der Waals surface area contributed by atoms with Crippen molar-refractivity contribution < 1.29 is 45.6 Å². The van der Waals surface area contributed by atoms with Gasteiger partial charge in [0.2, 0.25) is 5.91 Å². The Kier molecular flexibility index (Phi) is 10.7. The second-order valence-corrected chi connectivity index (χ2v) is 12.9. The molecule has 0 radical (unpaired) electrons. The summed E-state index contributed by atoms with van der Waals surface area (Å²) < 4.78 is 84.9. The molecule has 0 aromatic heterocycles. The van der Waals surface area contributed by atoms with Crippen molar-refractivity contribution in [3.05, 3.63) is 59.7 Å². The van der Waals surface area contributed by atoms with Gasteiger partial charge in [0.25, 0.3) is 0 Å². The van der Waals surface area contributed by atoms with Crippen molar-refractivity contribution in [1.29, 1.82) is 0 Å².